The van der Waals surface area contributed by atoms with Crippen molar-refractivity contribution in [3.8, 4) is 0 Å². The summed E-state index contributed by atoms with van der Waals surface area (Å²) in [6.07, 6.45) is 2.10. The summed E-state index contributed by atoms with van der Waals surface area (Å²) in [4.78, 5) is 26.4. The van der Waals surface area contributed by atoms with E-state index in [-0.39, 0.29) is 12.5 Å². The monoisotopic (exact) mass is 274 g/mol. The lowest BCUT2D eigenvalue weighted by Gasteiger charge is -2.23. The van der Waals surface area contributed by atoms with Gasteiger partial charge in [-0.25, -0.2) is 0 Å². The molecule has 106 valence electrons. The predicted octanol–water partition coefficient (Wildman–Crippen LogP) is 2.40. The molecule has 1 unspecified atom stereocenters. The quantitative estimate of drug-likeness (QED) is 0.783. The highest BCUT2D eigenvalue weighted by molar-refractivity contribution is 6.06. The molecule has 1 heterocycles. The molecule has 20 heavy (non-hydrogen) atoms. The van der Waals surface area contributed by atoms with Crippen LogP contribution in [0.4, 0.5) is 0 Å². The number of rotatable bonds is 5. The molecule has 5 heteroatoms. The van der Waals surface area contributed by atoms with Gasteiger partial charge in [-0.1, -0.05) is 25.1 Å². The van der Waals surface area contributed by atoms with E-state index >= 15 is 0 Å². The fraction of sp³-hybridized carbons (Fsp3) is 0.333. The maximum absolute atomic E-state index is 12.2. The molecule has 1 aromatic carbocycles. The number of carboxylic acid groups (broad SMARTS) is 1. The van der Waals surface area contributed by atoms with E-state index in [0.29, 0.717) is 12.0 Å². The molecule has 0 spiro atoms. The highest BCUT2D eigenvalue weighted by atomic mass is 16.4. The summed E-state index contributed by atoms with van der Waals surface area (Å²) in [5.41, 5.74) is 0.473. The average Bonchev–Trinajstić information content (AvgIpc) is 2.88. The standard InChI is InChI=1S/C15H18N2O3/c1-3-15(2,14(19)20)9-17-13(18)11-8-16-12-7-5-4-6-10(11)12/h4-8,16H,3,9H2,1-2H3,(H,17,18)(H,19,20). The molecule has 2 rings (SSSR count). The number of nitrogens with one attached hydrogen (secondary N) is 2. The number of aliphatic carboxylic acids is 1. The number of amides is 1. The van der Waals surface area contributed by atoms with Crippen LogP contribution in [-0.4, -0.2) is 28.5 Å². The number of aromatic amines is 1. The summed E-state index contributed by atoms with van der Waals surface area (Å²) >= 11 is 0. The first-order valence-electron chi connectivity index (χ1n) is 6.55. The number of carboxylic acids is 1. The highest BCUT2D eigenvalue weighted by Crippen LogP contribution is 2.21. The second-order valence-electron chi connectivity index (χ2n) is 5.15. The summed E-state index contributed by atoms with van der Waals surface area (Å²) in [6, 6.07) is 7.50. The topological polar surface area (TPSA) is 82.2 Å². The van der Waals surface area contributed by atoms with Crippen molar-refractivity contribution in [2.24, 2.45) is 5.41 Å². The lowest BCUT2D eigenvalue weighted by atomic mass is 9.87. The SMILES string of the molecule is CCC(C)(CNC(=O)c1c[nH]c2ccccc12)C(=O)O. The smallest absolute Gasteiger partial charge is 0.311 e. The Morgan fingerprint density at radius 3 is 2.70 bits per heavy atom. The molecule has 5 nitrogen and oxygen atoms in total. The van der Waals surface area contributed by atoms with E-state index in [1.807, 2.05) is 24.3 Å². The van der Waals surface area contributed by atoms with Gasteiger partial charge >= 0.3 is 5.97 Å². The number of carbonyl (C=O) groups excluding carboxylic acids is 1. The Labute approximate surface area is 117 Å². The van der Waals surface area contributed by atoms with Gasteiger partial charge in [0.1, 0.15) is 0 Å². The van der Waals surface area contributed by atoms with Crippen LogP contribution in [0.3, 0.4) is 0 Å². The zero-order valence-electron chi connectivity index (χ0n) is 11.6. The minimum atomic E-state index is -0.943. The number of hydrogen-bond donors (Lipinski definition) is 3. The van der Waals surface area contributed by atoms with Gasteiger partial charge in [-0.2, -0.15) is 0 Å². The normalized spacial score (nSPS) is 13.9. The molecular weight excluding hydrogens is 256 g/mol. The molecule has 0 aliphatic rings. The van der Waals surface area contributed by atoms with Crippen LogP contribution in [0.5, 0.6) is 0 Å². The zero-order chi connectivity index (χ0) is 14.8. The van der Waals surface area contributed by atoms with Gasteiger partial charge in [-0.15, -0.1) is 0 Å². The summed E-state index contributed by atoms with van der Waals surface area (Å²) in [6.45, 7) is 3.54. The molecule has 1 amide bonds. The molecule has 2 aromatic rings. The Morgan fingerprint density at radius 1 is 1.35 bits per heavy atom. The molecule has 1 atom stereocenters. The third-order valence-electron chi connectivity index (χ3n) is 3.77. The van der Waals surface area contributed by atoms with Gasteiger partial charge in [0.15, 0.2) is 0 Å². The highest BCUT2D eigenvalue weighted by Gasteiger charge is 2.31. The largest absolute Gasteiger partial charge is 0.481 e. The fourth-order valence-electron chi connectivity index (χ4n) is 1.98. The molecule has 0 saturated heterocycles. The van der Waals surface area contributed by atoms with Crippen molar-refractivity contribution in [3.05, 3.63) is 36.0 Å². The van der Waals surface area contributed by atoms with E-state index in [0.717, 1.165) is 10.9 Å². The first-order valence-corrected chi connectivity index (χ1v) is 6.55. The molecule has 3 N–H and O–H groups in total. The van der Waals surface area contributed by atoms with Gasteiger partial charge in [0, 0.05) is 23.6 Å². The Morgan fingerprint density at radius 2 is 2.05 bits per heavy atom. The van der Waals surface area contributed by atoms with E-state index in [2.05, 4.69) is 10.3 Å². The molecule has 0 fully saturated rings. The Bertz CT molecular complexity index is 647. The molecule has 0 aliphatic heterocycles. The summed E-state index contributed by atoms with van der Waals surface area (Å²) in [5, 5.41) is 12.7. The van der Waals surface area contributed by atoms with Crippen molar-refractivity contribution < 1.29 is 14.7 Å². The minimum Gasteiger partial charge on any atom is -0.481 e. The van der Waals surface area contributed by atoms with E-state index in [4.69, 9.17) is 0 Å². The van der Waals surface area contributed by atoms with Crippen LogP contribution in [0, 0.1) is 5.41 Å². The molecule has 0 bridgehead atoms. The molecular formula is C15H18N2O3. The van der Waals surface area contributed by atoms with Gasteiger partial charge in [-0.3, -0.25) is 9.59 Å². The number of para-hydroxylation sites is 1. The third kappa shape index (κ3) is 2.52. The van der Waals surface area contributed by atoms with E-state index < -0.39 is 11.4 Å². The lowest BCUT2D eigenvalue weighted by Crippen LogP contribution is -2.40. The second-order valence-corrected chi connectivity index (χ2v) is 5.15. The molecule has 0 saturated carbocycles. The van der Waals surface area contributed by atoms with Crippen LogP contribution < -0.4 is 5.32 Å². The van der Waals surface area contributed by atoms with Crippen LogP contribution >= 0.6 is 0 Å². The fourth-order valence-corrected chi connectivity index (χ4v) is 1.98. The third-order valence-corrected chi connectivity index (χ3v) is 3.77. The van der Waals surface area contributed by atoms with Crippen LogP contribution in [-0.2, 0) is 4.79 Å². The molecule has 1 aromatic heterocycles. The number of fused-ring (bicyclic) bond motifs is 1. The van der Waals surface area contributed by atoms with Gasteiger partial charge in [-0.05, 0) is 19.4 Å². The van der Waals surface area contributed by atoms with E-state index in [1.54, 1.807) is 20.0 Å². The predicted molar refractivity (Wildman–Crippen MR) is 76.7 cm³/mol. The van der Waals surface area contributed by atoms with Crippen LogP contribution in [0.1, 0.15) is 30.6 Å². The number of H-pyrrole nitrogens is 1. The maximum Gasteiger partial charge on any atom is 0.311 e. The molecule has 0 aliphatic carbocycles. The Balaban J connectivity index is 2.15. The number of hydrogen-bond acceptors (Lipinski definition) is 2. The van der Waals surface area contributed by atoms with Gasteiger partial charge in [0.05, 0.1) is 11.0 Å². The second kappa shape index (κ2) is 5.36. The first kappa shape index (κ1) is 14.1. The van der Waals surface area contributed by atoms with Crippen molar-refractivity contribution in [1.29, 1.82) is 0 Å². The van der Waals surface area contributed by atoms with Crippen molar-refractivity contribution >= 4 is 22.8 Å². The average molecular weight is 274 g/mol. The van der Waals surface area contributed by atoms with Crippen molar-refractivity contribution in [2.75, 3.05) is 6.54 Å². The van der Waals surface area contributed by atoms with E-state index in [1.165, 1.54) is 0 Å². The number of aromatic nitrogens is 1. The van der Waals surface area contributed by atoms with Crippen molar-refractivity contribution in [1.82, 2.24) is 10.3 Å². The first-order chi connectivity index (χ1) is 9.48. The van der Waals surface area contributed by atoms with Gasteiger partial charge in [0.25, 0.3) is 5.91 Å². The number of benzene rings is 1. The van der Waals surface area contributed by atoms with Crippen molar-refractivity contribution in [2.45, 2.75) is 20.3 Å². The Hall–Kier alpha value is -2.30. The lowest BCUT2D eigenvalue weighted by molar-refractivity contribution is -0.147. The van der Waals surface area contributed by atoms with E-state index in [9.17, 15) is 14.7 Å². The maximum atomic E-state index is 12.2. The van der Waals surface area contributed by atoms with Crippen molar-refractivity contribution in [3.63, 3.8) is 0 Å². The van der Waals surface area contributed by atoms with Crippen LogP contribution in [0.15, 0.2) is 30.5 Å². The van der Waals surface area contributed by atoms with Gasteiger partial charge < -0.3 is 15.4 Å². The van der Waals surface area contributed by atoms with Crippen LogP contribution in [0.2, 0.25) is 0 Å². The minimum absolute atomic E-state index is 0.108. The van der Waals surface area contributed by atoms with Gasteiger partial charge in [0.2, 0.25) is 0 Å². The summed E-state index contributed by atoms with van der Waals surface area (Å²) < 4.78 is 0. The Kier molecular flexibility index (Phi) is 3.79. The van der Waals surface area contributed by atoms with Crippen LogP contribution in [0.25, 0.3) is 10.9 Å². The summed E-state index contributed by atoms with van der Waals surface area (Å²) in [7, 11) is 0. The number of carbonyl (C=O) groups is 2. The summed E-state index contributed by atoms with van der Waals surface area (Å²) in [5.74, 6) is -1.16. The molecule has 0 radical (unpaired) electrons. The zero-order valence-corrected chi connectivity index (χ0v) is 11.6.